The van der Waals surface area contributed by atoms with E-state index in [0.717, 1.165) is 16.6 Å². The second kappa shape index (κ2) is 7.03. The van der Waals surface area contributed by atoms with Crippen LogP contribution in [0.25, 0.3) is 11.0 Å². The SMILES string of the molecule is CN(C)Cc1noc2ccc(NC(=O)Cc3ccccc3Cl)cc12. The van der Waals surface area contributed by atoms with Gasteiger partial charge >= 0.3 is 0 Å². The highest BCUT2D eigenvalue weighted by Crippen LogP contribution is 2.24. The van der Waals surface area contributed by atoms with E-state index < -0.39 is 0 Å². The molecule has 0 unspecified atom stereocenters. The molecule has 0 saturated carbocycles. The van der Waals surface area contributed by atoms with Crippen LogP contribution >= 0.6 is 11.6 Å². The molecule has 2 aromatic carbocycles. The van der Waals surface area contributed by atoms with Crippen molar-refractivity contribution in [1.82, 2.24) is 10.1 Å². The van der Waals surface area contributed by atoms with Crippen molar-refractivity contribution in [3.05, 3.63) is 58.7 Å². The number of anilines is 1. The number of benzene rings is 2. The Morgan fingerprint density at radius 2 is 2.04 bits per heavy atom. The van der Waals surface area contributed by atoms with Gasteiger partial charge in [-0.15, -0.1) is 0 Å². The topological polar surface area (TPSA) is 58.4 Å². The number of carbonyl (C=O) groups excluding carboxylic acids is 1. The van der Waals surface area contributed by atoms with Crippen molar-refractivity contribution >= 4 is 34.2 Å². The van der Waals surface area contributed by atoms with Gasteiger partial charge in [-0.1, -0.05) is 35.0 Å². The lowest BCUT2D eigenvalue weighted by molar-refractivity contribution is -0.115. The molecule has 0 fully saturated rings. The summed E-state index contributed by atoms with van der Waals surface area (Å²) in [4.78, 5) is 14.3. The molecule has 0 aliphatic heterocycles. The molecule has 0 radical (unpaired) electrons. The van der Waals surface area contributed by atoms with Crippen molar-refractivity contribution < 1.29 is 9.32 Å². The summed E-state index contributed by atoms with van der Waals surface area (Å²) in [5.41, 5.74) is 3.06. The molecule has 1 amide bonds. The molecule has 0 saturated heterocycles. The van der Waals surface area contributed by atoms with E-state index in [1.807, 2.05) is 49.3 Å². The first-order chi connectivity index (χ1) is 11.5. The Kier molecular flexibility index (Phi) is 4.83. The van der Waals surface area contributed by atoms with E-state index in [2.05, 4.69) is 10.5 Å². The number of carbonyl (C=O) groups is 1. The Balaban J connectivity index is 1.77. The minimum absolute atomic E-state index is 0.118. The van der Waals surface area contributed by atoms with E-state index in [4.69, 9.17) is 16.1 Å². The minimum Gasteiger partial charge on any atom is -0.356 e. The number of rotatable bonds is 5. The van der Waals surface area contributed by atoms with Gasteiger partial charge < -0.3 is 14.7 Å². The van der Waals surface area contributed by atoms with Gasteiger partial charge in [0.05, 0.1) is 6.42 Å². The molecular formula is C18H18ClN3O2. The lowest BCUT2D eigenvalue weighted by Gasteiger charge is -2.08. The van der Waals surface area contributed by atoms with Crippen LogP contribution in [0.2, 0.25) is 5.02 Å². The molecule has 0 spiro atoms. The fourth-order valence-electron chi connectivity index (χ4n) is 2.50. The van der Waals surface area contributed by atoms with Crippen LogP contribution in [0.1, 0.15) is 11.3 Å². The summed E-state index contributed by atoms with van der Waals surface area (Å²) in [5, 5.41) is 8.48. The summed E-state index contributed by atoms with van der Waals surface area (Å²) in [6.07, 6.45) is 0.228. The van der Waals surface area contributed by atoms with E-state index in [1.54, 1.807) is 12.1 Å². The van der Waals surface area contributed by atoms with Gasteiger partial charge in [0.25, 0.3) is 0 Å². The molecule has 5 nitrogen and oxygen atoms in total. The molecule has 0 aliphatic rings. The quantitative estimate of drug-likeness (QED) is 0.767. The molecule has 3 aromatic rings. The number of fused-ring (bicyclic) bond motifs is 1. The van der Waals surface area contributed by atoms with Gasteiger partial charge in [-0.05, 0) is 43.9 Å². The number of nitrogens with zero attached hydrogens (tertiary/aromatic N) is 2. The third-order valence-corrected chi connectivity index (χ3v) is 3.97. The number of halogens is 1. The Bertz CT molecular complexity index is 874. The molecule has 1 heterocycles. The first-order valence-electron chi connectivity index (χ1n) is 7.59. The van der Waals surface area contributed by atoms with Crippen LogP contribution in [0.4, 0.5) is 5.69 Å². The lowest BCUT2D eigenvalue weighted by Crippen LogP contribution is -2.14. The monoisotopic (exact) mass is 343 g/mol. The highest BCUT2D eigenvalue weighted by molar-refractivity contribution is 6.31. The number of aromatic nitrogens is 1. The molecule has 3 rings (SSSR count). The molecule has 124 valence electrons. The van der Waals surface area contributed by atoms with E-state index in [1.165, 1.54) is 0 Å². The third-order valence-electron chi connectivity index (χ3n) is 3.60. The average molecular weight is 344 g/mol. The van der Waals surface area contributed by atoms with E-state index in [9.17, 15) is 4.79 Å². The first-order valence-corrected chi connectivity index (χ1v) is 7.97. The molecule has 0 atom stereocenters. The zero-order valence-corrected chi connectivity index (χ0v) is 14.3. The third kappa shape index (κ3) is 3.75. The standard InChI is InChI=1S/C18H18ClN3O2/c1-22(2)11-16-14-10-13(7-8-17(14)24-21-16)20-18(23)9-12-5-3-4-6-15(12)19/h3-8,10H,9,11H2,1-2H3,(H,20,23). The van der Waals surface area contributed by atoms with Gasteiger partial charge in [-0.3, -0.25) is 4.79 Å². The zero-order chi connectivity index (χ0) is 17.1. The van der Waals surface area contributed by atoms with Gasteiger partial charge in [0.15, 0.2) is 5.58 Å². The van der Waals surface area contributed by atoms with Crippen LogP contribution in [0.5, 0.6) is 0 Å². The lowest BCUT2D eigenvalue weighted by atomic mass is 10.1. The predicted octanol–water partition coefficient (Wildman–Crippen LogP) is 3.72. The molecule has 0 aliphatic carbocycles. The van der Waals surface area contributed by atoms with Crippen LogP contribution in [-0.4, -0.2) is 30.1 Å². The van der Waals surface area contributed by atoms with Crippen molar-refractivity contribution in [2.24, 2.45) is 0 Å². The molecule has 1 N–H and O–H groups in total. The number of nitrogens with one attached hydrogen (secondary N) is 1. The minimum atomic E-state index is -0.118. The van der Waals surface area contributed by atoms with Crippen LogP contribution in [-0.2, 0) is 17.8 Å². The Hall–Kier alpha value is -2.37. The maximum Gasteiger partial charge on any atom is 0.228 e. The largest absolute Gasteiger partial charge is 0.356 e. The maximum absolute atomic E-state index is 12.3. The smallest absolute Gasteiger partial charge is 0.228 e. The van der Waals surface area contributed by atoms with Crippen LogP contribution in [0.3, 0.4) is 0 Å². The van der Waals surface area contributed by atoms with E-state index in [0.29, 0.717) is 22.8 Å². The van der Waals surface area contributed by atoms with Crippen LogP contribution < -0.4 is 5.32 Å². The van der Waals surface area contributed by atoms with Crippen molar-refractivity contribution in [3.8, 4) is 0 Å². The molecular weight excluding hydrogens is 326 g/mol. The summed E-state index contributed by atoms with van der Waals surface area (Å²) in [5.74, 6) is -0.118. The fraction of sp³-hybridized carbons (Fsp3) is 0.222. The second-order valence-corrected chi connectivity index (χ2v) is 6.30. The molecule has 1 aromatic heterocycles. The molecule has 6 heteroatoms. The Morgan fingerprint density at radius 3 is 2.79 bits per heavy atom. The first kappa shape index (κ1) is 16.5. The Labute approximate surface area is 145 Å². The van der Waals surface area contributed by atoms with E-state index in [-0.39, 0.29) is 12.3 Å². The van der Waals surface area contributed by atoms with Gasteiger partial charge in [-0.25, -0.2) is 0 Å². The van der Waals surface area contributed by atoms with Crippen LogP contribution in [0, 0.1) is 0 Å². The maximum atomic E-state index is 12.3. The van der Waals surface area contributed by atoms with Gasteiger partial charge in [0.1, 0.15) is 5.69 Å². The van der Waals surface area contributed by atoms with Gasteiger partial charge in [0, 0.05) is 22.6 Å². The predicted molar refractivity (Wildman–Crippen MR) is 95.2 cm³/mol. The van der Waals surface area contributed by atoms with Crippen molar-refractivity contribution in [2.75, 3.05) is 19.4 Å². The van der Waals surface area contributed by atoms with E-state index >= 15 is 0 Å². The average Bonchev–Trinajstić information content (AvgIpc) is 2.91. The summed E-state index contributed by atoms with van der Waals surface area (Å²) in [6, 6.07) is 12.8. The number of hydrogen-bond donors (Lipinski definition) is 1. The summed E-state index contributed by atoms with van der Waals surface area (Å²) in [6.45, 7) is 0.671. The van der Waals surface area contributed by atoms with Crippen molar-refractivity contribution in [2.45, 2.75) is 13.0 Å². The molecule has 24 heavy (non-hydrogen) atoms. The van der Waals surface area contributed by atoms with Gasteiger partial charge in [0.2, 0.25) is 5.91 Å². The van der Waals surface area contributed by atoms with Crippen molar-refractivity contribution in [1.29, 1.82) is 0 Å². The fourth-order valence-corrected chi connectivity index (χ4v) is 2.70. The number of hydrogen-bond acceptors (Lipinski definition) is 4. The second-order valence-electron chi connectivity index (χ2n) is 5.89. The molecule has 0 bridgehead atoms. The van der Waals surface area contributed by atoms with Crippen LogP contribution in [0.15, 0.2) is 47.0 Å². The highest BCUT2D eigenvalue weighted by atomic mass is 35.5. The zero-order valence-electron chi connectivity index (χ0n) is 13.5. The summed E-state index contributed by atoms with van der Waals surface area (Å²) in [7, 11) is 3.94. The van der Waals surface area contributed by atoms with Crippen molar-refractivity contribution in [3.63, 3.8) is 0 Å². The Morgan fingerprint density at radius 1 is 1.25 bits per heavy atom. The normalized spacial score (nSPS) is 11.2. The summed E-state index contributed by atoms with van der Waals surface area (Å²) >= 11 is 6.10. The van der Waals surface area contributed by atoms with Gasteiger partial charge in [-0.2, -0.15) is 0 Å². The number of amides is 1. The summed E-state index contributed by atoms with van der Waals surface area (Å²) < 4.78 is 5.31. The highest BCUT2D eigenvalue weighted by Gasteiger charge is 2.12.